The van der Waals surface area contributed by atoms with Crippen LogP contribution in [0.1, 0.15) is 20.8 Å². The van der Waals surface area contributed by atoms with Gasteiger partial charge in [-0.2, -0.15) is 0 Å². The van der Waals surface area contributed by atoms with E-state index in [1.54, 1.807) is 0 Å². The first kappa shape index (κ1) is 10.0. The van der Waals surface area contributed by atoms with Crippen LogP contribution in [-0.2, 0) is 4.79 Å². The minimum absolute atomic E-state index is 0.113. The van der Waals surface area contributed by atoms with E-state index in [-0.39, 0.29) is 18.5 Å². The molecule has 1 unspecified atom stereocenters. The summed E-state index contributed by atoms with van der Waals surface area (Å²) in [5.41, 5.74) is 0. The Morgan fingerprint density at radius 3 is 2.38 bits per heavy atom. The smallest absolute Gasteiger partial charge is 0.324 e. The van der Waals surface area contributed by atoms with E-state index in [4.69, 9.17) is 0 Å². The predicted octanol–water partition coefficient (Wildman–Crippen LogP) is 0.830. The highest BCUT2D eigenvalue weighted by atomic mass is 16.2. The molecule has 0 aromatic rings. The van der Waals surface area contributed by atoms with Gasteiger partial charge in [0.2, 0.25) is 5.91 Å². The summed E-state index contributed by atoms with van der Waals surface area (Å²) in [6, 6.07) is -0.252. The number of amides is 3. The molecule has 0 aromatic heterocycles. The van der Waals surface area contributed by atoms with Crippen LogP contribution in [-0.4, -0.2) is 29.9 Å². The van der Waals surface area contributed by atoms with Gasteiger partial charge in [0, 0.05) is 6.54 Å². The van der Waals surface area contributed by atoms with Gasteiger partial charge in [0.1, 0.15) is 0 Å². The summed E-state index contributed by atoms with van der Waals surface area (Å²) in [4.78, 5) is 23.6. The summed E-state index contributed by atoms with van der Waals surface area (Å²) >= 11 is 0. The van der Waals surface area contributed by atoms with E-state index in [2.05, 4.69) is 19.2 Å². The van der Waals surface area contributed by atoms with Crippen LogP contribution in [0.5, 0.6) is 0 Å². The van der Waals surface area contributed by atoms with Crippen LogP contribution in [0.25, 0.3) is 0 Å². The van der Waals surface area contributed by atoms with Gasteiger partial charge < -0.3 is 5.32 Å². The Kier molecular flexibility index (Phi) is 2.90. The van der Waals surface area contributed by atoms with Crippen molar-refractivity contribution in [2.24, 2.45) is 11.8 Å². The quantitative estimate of drug-likeness (QED) is 0.660. The molecule has 1 saturated heterocycles. The minimum Gasteiger partial charge on any atom is -0.329 e. The summed E-state index contributed by atoms with van der Waals surface area (Å²) < 4.78 is 0. The van der Waals surface area contributed by atoms with Crippen molar-refractivity contribution < 1.29 is 9.59 Å². The van der Waals surface area contributed by atoms with E-state index in [9.17, 15) is 9.59 Å². The number of urea groups is 1. The number of hydrogen-bond acceptors (Lipinski definition) is 2. The summed E-state index contributed by atoms with van der Waals surface area (Å²) in [5, 5.41) is 2.50. The van der Waals surface area contributed by atoms with Crippen molar-refractivity contribution in [3.05, 3.63) is 0 Å². The first-order valence-corrected chi connectivity index (χ1v) is 4.60. The van der Waals surface area contributed by atoms with Gasteiger partial charge in [0.05, 0.1) is 6.54 Å². The Hall–Kier alpha value is -1.06. The molecular formula is C9H16N2O2. The van der Waals surface area contributed by atoms with Crippen LogP contribution in [0.2, 0.25) is 0 Å². The first-order valence-electron chi connectivity index (χ1n) is 4.60. The van der Waals surface area contributed by atoms with E-state index in [0.717, 1.165) is 0 Å². The molecule has 3 amide bonds. The fraction of sp³-hybridized carbons (Fsp3) is 0.778. The molecule has 4 heteroatoms. The molecule has 1 fully saturated rings. The fourth-order valence-electron chi connectivity index (χ4n) is 1.14. The number of nitrogens with one attached hydrogen (secondary N) is 1. The number of imide groups is 1. The number of carbonyl (C=O) groups excluding carboxylic acids is 2. The Labute approximate surface area is 78.3 Å². The number of nitrogens with zero attached hydrogens (tertiary/aromatic N) is 1. The zero-order valence-electron chi connectivity index (χ0n) is 8.33. The first-order chi connectivity index (χ1) is 6.02. The van der Waals surface area contributed by atoms with Crippen molar-refractivity contribution in [1.29, 1.82) is 0 Å². The Bertz CT molecular complexity index is 210. The summed E-state index contributed by atoms with van der Waals surface area (Å²) in [7, 11) is 0. The molecule has 1 heterocycles. The van der Waals surface area contributed by atoms with Crippen molar-refractivity contribution in [2.75, 3.05) is 13.1 Å². The van der Waals surface area contributed by atoms with Crippen molar-refractivity contribution in [3.63, 3.8) is 0 Å². The number of rotatable bonds is 3. The summed E-state index contributed by atoms with van der Waals surface area (Å²) in [5.74, 6) is 0.728. The zero-order valence-corrected chi connectivity index (χ0v) is 8.33. The van der Waals surface area contributed by atoms with Gasteiger partial charge in [-0.25, -0.2) is 4.79 Å². The van der Waals surface area contributed by atoms with Crippen LogP contribution in [0.4, 0.5) is 4.79 Å². The van der Waals surface area contributed by atoms with E-state index in [1.807, 2.05) is 6.92 Å². The van der Waals surface area contributed by atoms with Crippen molar-refractivity contribution >= 4 is 11.9 Å². The molecule has 1 rings (SSSR count). The van der Waals surface area contributed by atoms with Crippen molar-refractivity contribution in [1.82, 2.24) is 10.2 Å². The van der Waals surface area contributed by atoms with Gasteiger partial charge in [-0.3, -0.25) is 9.69 Å². The Balaban J connectivity index is 2.52. The molecule has 0 bridgehead atoms. The average Bonchev–Trinajstić information content (AvgIpc) is 2.35. The molecule has 0 radical (unpaired) electrons. The topological polar surface area (TPSA) is 49.4 Å². The van der Waals surface area contributed by atoms with Gasteiger partial charge in [-0.15, -0.1) is 0 Å². The SMILES string of the molecule is CC(C)C(C)CN1C(=O)CNC1=O. The van der Waals surface area contributed by atoms with Crippen LogP contribution in [0.15, 0.2) is 0 Å². The van der Waals surface area contributed by atoms with Crippen LogP contribution < -0.4 is 5.32 Å². The molecule has 0 aliphatic carbocycles. The third kappa shape index (κ3) is 2.20. The maximum Gasteiger partial charge on any atom is 0.324 e. The summed E-state index contributed by atoms with van der Waals surface area (Å²) in [6.07, 6.45) is 0. The maximum atomic E-state index is 11.2. The molecule has 13 heavy (non-hydrogen) atoms. The Morgan fingerprint density at radius 2 is 2.00 bits per heavy atom. The lowest BCUT2D eigenvalue weighted by Crippen LogP contribution is -2.36. The molecule has 74 valence electrons. The van der Waals surface area contributed by atoms with Crippen molar-refractivity contribution in [2.45, 2.75) is 20.8 Å². The second kappa shape index (κ2) is 3.77. The number of hydrogen-bond donors (Lipinski definition) is 1. The molecular weight excluding hydrogens is 168 g/mol. The highest BCUT2D eigenvalue weighted by molar-refractivity contribution is 6.01. The third-order valence-electron chi connectivity index (χ3n) is 2.55. The van der Waals surface area contributed by atoms with E-state index in [1.165, 1.54) is 4.90 Å². The standard InChI is InChI=1S/C9H16N2O2/c1-6(2)7(3)5-11-8(12)4-10-9(11)13/h6-7H,4-5H2,1-3H3,(H,10,13). The van der Waals surface area contributed by atoms with Crippen LogP contribution in [0.3, 0.4) is 0 Å². The third-order valence-corrected chi connectivity index (χ3v) is 2.55. The minimum atomic E-state index is -0.252. The van der Waals surface area contributed by atoms with E-state index < -0.39 is 0 Å². The van der Waals surface area contributed by atoms with Gasteiger partial charge >= 0.3 is 6.03 Å². The summed E-state index contributed by atoms with van der Waals surface area (Å²) in [6.45, 7) is 6.90. The monoisotopic (exact) mass is 184 g/mol. The van der Waals surface area contributed by atoms with Gasteiger partial charge in [-0.1, -0.05) is 20.8 Å². The molecule has 0 aromatic carbocycles. The van der Waals surface area contributed by atoms with Gasteiger partial charge in [0.15, 0.2) is 0 Å². The molecule has 4 nitrogen and oxygen atoms in total. The van der Waals surface area contributed by atoms with Crippen LogP contribution >= 0.6 is 0 Å². The molecule has 1 aliphatic rings. The van der Waals surface area contributed by atoms with E-state index >= 15 is 0 Å². The average molecular weight is 184 g/mol. The molecule has 0 saturated carbocycles. The Morgan fingerprint density at radius 1 is 1.38 bits per heavy atom. The predicted molar refractivity (Wildman–Crippen MR) is 49.1 cm³/mol. The molecule has 0 spiro atoms. The lowest BCUT2D eigenvalue weighted by molar-refractivity contribution is -0.125. The fourth-order valence-corrected chi connectivity index (χ4v) is 1.14. The maximum absolute atomic E-state index is 11.2. The van der Waals surface area contributed by atoms with Crippen molar-refractivity contribution in [3.8, 4) is 0 Å². The molecule has 1 atom stereocenters. The molecule has 1 aliphatic heterocycles. The zero-order chi connectivity index (χ0) is 10.0. The highest BCUT2D eigenvalue weighted by Crippen LogP contribution is 2.13. The van der Waals surface area contributed by atoms with Crippen LogP contribution in [0, 0.1) is 11.8 Å². The lowest BCUT2D eigenvalue weighted by atomic mass is 9.98. The van der Waals surface area contributed by atoms with Gasteiger partial charge in [0.25, 0.3) is 0 Å². The second-order valence-electron chi connectivity index (χ2n) is 3.88. The number of carbonyl (C=O) groups is 2. The normalized spacial score (nSPS) is 19.5. The second-order valence-corrected chi connectivity index (χ2v) is 3.88. The molecule has 1 N–H and O–H groups in total. The largest absolute Gasteiger partial charge is 0.329 e. The van der Waals surface area contributed by atoms with Gasteiger partial charge in [-0.05, 0) is 11.8 Å². The van der Waals surface area contributed by atoms with E-state index in [0.29, 0.717) is 18.4 Å². The highest BCUT2D eigenvalue weighted by Gasteiger charge is 2.29. The lowest BCUT2D eigenvalue weighted by Gasteiger charge is -2.20.